The van der Waals surface area contributed by atoms with Crippen molar-refractivity contribution in [2.45, 2.75) is 33.6 Å². The largest absolute Gasteiger partial charge is 0.316 e. The maximum Gasteiger partial charge on any atom is 0.123 e. The van der Waals surface area contributed by atoms with Gasteiger partial charge in [-0.3, -0.25) is 0 Å². The summed E-state index contributed by atoms with van der Waals surface area (Å²) in [4.78, 5) is 0. The highest BCUT2D eigenvalue weighted by Gasteiger charge is 2.04. The molecule has 0 aliphatic heterocycles. The predicted octanol–water partition coefficient (Wildman–Crippen LogP) is 3.64. The van der Waals surface area contributed by atoms with E-state index < -0.39 is 0 Å². The van der Waals surface area contributed by atoms with Crippen molar-refractivity contribution in [1.82, 2.24) is 5.32 Å². The van der Waals surface area contributed by atoms with Crippen molar-refractivity contribution in [2.24, 2.45) is 11.8 Å². The van der Waals surface area contributed by atoms with E-state index in [0.29, 0.717) is 11.8 Å². The van der Waals surface area contributed by atoms with Gasteiger partial charge in [0.2, 0.25) is 0 Å². The molecule has 1 nitrogen and oxygen atoms in total. The lowest BCUT2D eigenvalue weighted by Crippen LogP contribution is -2.22. The molecule has 1 unspecified atom stereocenters. The van der Waals surface area contributed by atoms with Gasteiger partial charge in [0, 0.05) is 0 Å². The molecule has 17 heavy (non-hydrogen) atoms. The van der Waals surface area contributed by atoms with Gasteiger partial charge in [-0.25, -0.2) is 4.39 Å². The number of hydrogen-bond donors (Lipinski definition) is 1. The summed E-state index contributed by atoms with van der Waals surface area (Å²) in [6.07, 6.45) is 2.10. The highest BCUT2D eigenvalue weighted by molar-refractivity contribution is 5.16. The van der Waals surface area contributed by atoms with Gasteiger partial charge in [-0.1, -0.05) is 32.9 Å². The molecule has 0 saturated carbocycles. The van der Waals surface area contributed by atoms with Gasteiger partial charge >= 0.3 is 0 Å². The summed E-state index contributed by atoms with van der Waals surface area (Å²) >= 11 is 0. The van der Waals surface area contributed by atoms with E-state index in [-0.39, 0.29) is 5.82 Å². The molecule has 96 valence electrons. The van der Waals surface area contributed by atoms with E-state index in [9.17, 15) is 4.39 Å². The summed E-state index contributed by atoms with van der Waals surface area (Å²) in [7, 11) is 0. The van der Waals surface area contributed by atoms with Crippen molar-refractivity contribution in [2.75, 3.05) is 13.1 Å². The third-order valence-corrected chi connectivity index (χ3v) is 2.84. The lowest BCUT2D eigenvalue weighted by atomic mass is 9.98. The second kappa shape index (κ2) is 7.44. The topological polar surface area (TPSA) is 12.0 Å². The van der Waals surface area contributed by atoms with Crippen LogP contribution in [0.3, 0.4) is 0 Å². The van der Waals surface area contributed by atoms with Gasteiger partial charge in [0.25, 0.3) is 0 Å². The van der Waals surface area contributed by atoms with E-state index in [4.69, 9.17) is 0 Å². The molecule has 0 aliphatic carbocycles. The number of hydrogen-bond acceptors (Lipinski definition) is 1. The summed E-state index contributed by atoms with van der Waals surface area (Å²) < 4.78 is 13.0. The Kier molecular flexibility index (Phi) is 6.20. The van der Waals surface area contributed by atoms with Crippen molar-refractivity contribution < 1.29 is 4.39 Å². The first-order chi connectivity index (χ1) is 8.08. The maximum absolute atomic E-state index is 13.0. The zero-order valence-corrected chi connectivity index (χ0v) is 11.2. The zero-order chi connectivity index (χ0) is 12.7. The van der Waals surface area contributed by atoms with Crippen molar-refractivity contribution in [1.29, 1.82) is 0 Å². The monoisotopic (exact) mass is 237 g/mol. The molecule has 0 amide bonds. The van der Waals surface area contributed by atoms with Crippen LogP contribution in [-0.2, 0) is 6.42 Å². The third kappa shape index (κ3) is 6.42. The molecule has 0 aromatic heterocycles. The normalized spacial score (nSPS) is 13.0. The van der Waals surface area contributed by atoms with Crippen LogP contribution in [0.15, 0.2) is 24.3 Å². The Morgan fingerprint density at radius 2 is 2.00 bits per heavy atom. The van der Waals surface area contributed by atoms with Crippen LogP contribution >= 0.6 is 0 Å². The molecule has 1 rings (SSSR count). The van der Waals surface area contributed by atoms with Crippen molar-refractivity contribution in [3.8, 4) is 0 Å². The smallest absolute Gasteiger partial charge is 0.123 e. The average Bonchev–Trinajstić information content (AvgIpc) is 2.24. The fourth-order valence-electron chi connectivity index (χ4n) is 1.91. The van der Waals surface area contributed by atoms with Gasteiger partial charge in [0.05, 0.1) is 0 Å². The highest BCUT2D eigenvalue weighted by atomic mass is 19.1. The molecule has 0 heterocycles. The fourth-order valence-corrected chi connectivity index (χ4v) is 1.91. The van der Waals surface area contributed by atoms with Crippen LogP contribution in [0.4, 0.5) is 4.39 Å². The maximum atomic E-state index is 13.0. The summed E-state index contributed by atoms with van der Waals surface area (Å²) in [5, 5.41) is 3.44. The summed E-state index contributed by atoms with van der Waals surface area (Å²) in [6.45, 7) is 8.77. The first kappa shape index (κ1) is 14.2. The van der Waals surface area contributed by atoms with Crippen LogP contribution in [0.1, 0.15) is 32.8 Å². The molecule has 1 N–H and O–H groups in total. The molecule has 0 spiro atoms. The van der Waals surface area contributed by atoms with Crippen LogP contribution in [0.5, 0.6) is 0 Å². The van der Waals surface area contributed by atoms with Crippen LogP contribution in [0.25, 0.3) is 0 Å². The van der Waals surface area contributed by atoms with Gasteiger partial charge in [-0.15, -0.1) is 0 Å². The van der Waals surface area contributed by atoms with Crippen LogP contribution in [-0.4, -0.2) is 13.1 Å². The number of halogens is 1. The number of rotatable bonds is 7. The first-order valence-corrected chi connectivity index (χ1v) is 6.53. The van der Waals surface area contributed by atoms with Gasteiger partial charge in [0.1, 0.15) is 5.82 Å². The second-order valence-corrected chi connectivity index (χ2v) is 5.33. The van der Waals surface area contributed by atoms with Crippen molar-refractivity contribution >= 4 is 0 Å². The van der Waals surface area contributed by atoms with Gasteiger partial charge in [-0.05, 0) is 55.5 Å². The van der Waals surface area contributed by atoms with Crippen LogP contribution in [0.2, 0.25) is 0 Å². The van der Waals surface area contributed by atoms with E-state index in [1.165, 1.54) is 6.07 Å². The van der Waals surface area contributed by atoms with E-state index in [2.05, 4.69) is 26.1 Å². The molecule has 1 aromatic carbocycles. The Balaban J connectivity index is 2.23. The van der Waals surface area contributed by atoms with E-state index in [1.807, 2.05) is 6.07 Å². The standard InChI is InChI=1S/C15H24FN/c1-12(2)11-17-8-7-13(3)9-14-5-4-6-15(16)10-14/h4-6,10,12-13,17H,7-9,11H2,1-3H3. The Morgan fingerprint density at radius 1 is 1.24 bits per heavy atom. The summed E-state index contributed by atoms with van der Waals surface area (Å²) in [6, 6.07) is 6.92. The molecule has 0 aliphatic rings. The molecule has 2 heteroatoms. The summed E-state index contributed by atoms with van der Waals surface area (Å²) in [5.41, 5.74) is 1.10. The summed E-state index contributed by atoms with van der Waals surface area (Å²) in [5.74, 6) is 1.16. The Labute approximate surface area is 104 Å². The minimum Gasteiger partial charge on any atom is -0.316 e. The predicted molar refractivity (Wildman–Crippen MR) is 71.6 cm³/mol. The molecular formula is C15H24FN. The molecule has 0 bridgehead atoms. The van der Waals surface area contributed by atoms with Gasteiger partial charge in [-0.2, -0.15) is 0 Å². The Hall–Kier alpha value is -0.890. The van der Waals surface area contributed by atoms with Gasteiger partial charge in [0.15, 0.2) is 0 Å². The number of nitrogens with one attached hydrogen (secondary N) is 1. The van der Waals surface area contributed by atoms with Crippen molar-refractivity contribution in [3.05, 3.63) is 35.6 Å². The quantitative estimate of drug-likeness (QED) is 0.714. The Morgan fingerprint density at radius 3 is 2.65 bits per heavy atom. The van der Waals surface area contributed by atoms with Crippen molar-refractivity contribution in [3.63, 3.8) is 0 Å². The first-order valence-electron chi connectivity index (χ1n) is 6.53. The SMILES string of the molecule is CC(C)CNCCC(C)Cc1cccc(F)c1. The lowest BCUT2D eigenvalue weighted by molar-refractivity contribution is 0.473. The molecule has 1 atom stereocenters. The molecule has 0 radical (unpaired) electrons. The van der Waals surface area contributed by atoms with E-state index in [1.54, 1.807) is 12.1 Å². The highest BCUT2D eigenvalue weighted by Crippen LogP contribution is 2.12. The van der Waals surface area contributed by atoms with E-state index in [0.717, 1.165) is 31.5 Å². The minimum absolute atomic E-state index is 0.132. The Bertz CT molecular complexity index is 322. The molecule has 1 aromatic rings. The van der Waals surface area contributed by atoms with E-state index >= 15 is 0 Å². The minimum atomic E-state index is -0.132. The molecule has 0 saturated heterocycles. The average molecular weight is 237 g/mol. The zero-order valence-electron chi connectivity index (χ0n) is 11.2. The van der Waals surface area contributed by atoms with Crippen LogP contribution in [0, 0.1) is 17.7 Å². The van der Waals surface area contributed by atoms with Gasteiger partial charge < -0.3 is 5.32 Å². The molecular weight excluding hydrogens is 213 g/mol. The van der Waals surface area contributed by atoms with Crippen LogP contribution < -0.4 is 5.32 Å². The third-order valence-electron chi connectivity index (χ3n) is 2.84. The molecule has 0 fully saturated rings. The number of benzene rings is 1. The second-order valence-electron chi connectivity index (χ2n) is 5.33. The lowest BCUT2D eigenvalue weighted by Gasteiger charge is -2.13. The fraction of sp³-hybridized carbons (Fsp3) is 0.600.